The molecule has 0 aliphatic carbocycles. The highest BCUT2D eigenvalue weighted by atomic mass is 16.4. The molecular weight excluding hydrogens is 296 g/mol. The first-order chi connectivity index (χ1) is 11.1. The summed E-state index contributed by atoms with van der Waals surface area (Å²) >= 11 is 0. The van der Waals surface area contributed by atoms with Crippen LogP contribution in [-0.2, 0) is 0 Å². The number of aromatic nitrogens is 2. The maximum Gasteiger partial charge on any atom is 0.335 e. The first kappa shape index (κ1) is 13.3. The Bertz CT molecular complexity index is 1080. The summed E-state index contributed by atoms with van der Waals surface area (Å²) in [6, 6.07) is 15.1. The molecule has 6 heteroatoms. The van der Waals surface area contributed by atoms with E-state index in [-0.39, 0.29) is 17.0 Å². The first-order valence-electron chi connectivity index (χ1n) is 6.89. The van der Waals surface area contributed by atoms with Gasteiger partial charge in [0.05, 0.1) is 11.3 Å². The van der Waals surface area contributed by atoms with E-state index in [1.807, 2.05) is 18.2 Å². The second kappa shape index (κ2) is 4.81. The van der Waals surface area contributed by atoms with E-state index in [2.05, 4.69) is 5.10 Å². The van der Waals surface area contributed by atoms with Gasteiger partial charge < -0.3 is 9.52 Å². The van der Waals surface area contributed by atoms with Gasteiger partial charge in [0, 0.05) is 5.39 Å². The van der Waals surface area contributed by atoms with E-state index in [9.17, 15) is 9.59 Å². The Morgan fingerprint density at radius 1 is 1.09 bits per heavy atom. The standard InChI is InChI=1S/C17H10N2O4/c20-16-13-9-10-4-1-2-7-14(10)23-15(13)18-19(16)12-6-3-5-11(8-12)17(21)22/h1-9H,(H,21,22). The van der Waals surface area contributed by atoms with Gasteiger partial charge in [0.2, 0.25) is 5.89 Å². The first-order valence-corrected chi connectivity index (χ1v) is 6.89. The lowest BCUT2D eigenvalue weighted by Crippen LogP contribution is -2.15. The molecule has 2 aliphatic heterocycles. The zero-order valence-electron chi connectivity index (χ0n) is 11.8. The lowest BCUT2D eigenvalue weighted by Gasteiger charge is -2.00. The number of fused-ring (bicyclic) bond motifs is 2. The number of nitrogens with zero attached hydrogens (tertiary/aromatic N) is 2. The quantitative estimate of drug-likeness (QED) is 0.615. The van der Waals surface area contributed by atoms with E-state index in [1.54, 1.807) is 24.3 Å². The van der Waals surface area contributed by atoms with E-state index in [0.717, 1.165) is 10.1 Å². The fraction of sp³-hybridized carbons (Fsp3) is 0. The van der Waals surface area contributed by atoms with Crippen molar-refractivity contribution < 1.29 is 14.3 Å². The van der Waals surface area contributed by atoms with E-state index in [4.69, 9.17) is 9.52 Å². The Balaban J connectivity index is 1.98. The molecule has 0 radical (unpaired) electrons. The van der Waals surface area contributed by atoms with Crippen LogP contribution in [0.3, 0.4) is 0 Å². The second-order valence-corrected chi connectivity index (χ2v) is 5.08. The van der Waals surface area contributed by atoms with Gasteiger partial charge in [0.25, 0.3) is 5.56 Å². The highest BCUT2D eigenvalue weighted by Crippen LogP contribution is 2.24. The molecule has 0 saturated carbocycles. The van der Waals surface area contributed by atoms with Gasteiger partial charge >= 0.3 is 5.97 Å². The van der Waals surface area contributed by atoms with Crippen LogP contribution < -0.4 is 5.56 Å². The molecule has 0 fully saturated rings. The van der Waals surface area contributed by atoms with E-state index in [1.165, 1.54) is 12.1 Å². The smallest absolute Gasteiger partial charge is 0.335 e. The number of benzene rings is 2. The molecule has 0 bridgehead atoms. The molecule has 23 heavy (non-hydrogen) atoms. The highest BCUT2D eigenvalue weighted by Gasteiger charge is 2.19. The minimum absolute atomic E-state index is 0.0866. The second-order valence-electron chi connectivity index (χ2n) is 5.08. The molecule has 0 spiro atoms. The van der Waals surface area contributed by atoms with Crippen molar-refractivity contribution in [2.75, 3.05) is 0 Å². The molecule has 0 unspecified atom stereocenters. The Labute approximate surface area is 129 Å². The average Bonchev–Trinajstić information content (AvgIpc) is 2.89. The molecule has 0 atom stereocenters. The van der Waals surface area contributed by atoms with Crippen molar-refractivity contribution in [2.24, 2.45) is 0 Å². The van der Waals surface area contributed by atoms with Gasteiger partial charge in [-0.05, 0) is 30.3 Å². The summed E-state index contributed by atoms with van der Waals surface area (Å²) < 4.78 is 6.81. The Morgan fingerprint density at radius 3 is 2.74 bits per heavy atom. The summed E-state index contributed by atoms with van der Waals surface area (Å²) in [6.07, 6.45) is 0. The van der Waals surface area contributed by atoms with Crippen LogP contribution in [-0.4, -0.2) is 20.9 Å². The van der Waals surface area contributed by atoms with Crippen molar-refractivity contribution in [1.29, 1.82) is 0 Å². The largest absolute Gasteiger partial charge is 0.478 e. The van der Waals surface area contributed by atoms with Crippen molar-refractivity contribution in [1.82, 2.24) is 9.78 Å². The summed E-state index contributed by atoms with van der Waals surface area (Å²) in [5.41, 5.74) is 1.10. The van der Waals surface area contributed by atoms with Crippen molar-refractivity contribution in [3.63, 3.8) is 0 Å². The van der Waals surface area contributed by atoms with Crippen molar-refractivity contribution in [2.45, 2.75) is 0 Å². The Hall–Kier alpha value is -3.41. The van der Waals surface area contributed by atoms with Crippen molar-refractivity contribution in [3.05, 3.63) is 70.5 Å². The van der Waals surface area contributed by atoms with Crippen LogP contribution in [0.15, 0.2) is 63.8 Å². The molecule has 112 valence electrons. The summed E-state index contributed by atoms with van der Waals surface area (Å²) in [5, 5.41) is 14.0. The van der Waals surface area contributed by atoms with Gasteiger partial charge in [0.15, 0.2) is 0 Å². The zero-order chi connectivity index (χ0) is 16.0. The average molecular weight is 306 g/mol. The SMILES string of the molecule is O=C(O)c1cccc(-n2nc3oc4ccccc4cc-3c2=O)c1. The lowest BCUT2D eigenvalue weighted by atomic mass is 10.2. The molecule has 4 rings (SSSR count). The van der Waals surface area contributed by atoms with Crippen LogP contribution in [0, 0.1) is 0 Å². The van der Waals surface area contributed by atoms with E-state index in [0.29, 0.717) is 16.8 Å². The van der Waals surface area contributed by atoms with Crippen LogP contribution in [0.1, 0.15) is 10.4 Å². The highest BCUT2D eigenvalue weighted by molar-refractivity contribution is 5.88. The molecule has 2 aliphatic rings. The van der Waals surface area contributed by atoms with Gasteiger partial charge in [-0.25, -0.2) is 4.79 Å². The minimum atomic E-state index is -1.06. The monoisotopic (exact) mass is 306 g/mol. The van der Waals surface area contributed by atoms with Gasteiger partial charge in [-0.1, -0.05) is 24.3 Å². The summed E-state index contributed by atoms with van der Waals surface area (Å²) in [5.74, 6) is -0.846. The van der Waals surface area contributed by atoms with Crippen LogP contribution in [0.2, 0.25) is 0 Å². The molecule has 2 heterocycles. The van der Waals surface area contributed by atoms with E-state index < -0.39 is 5.97 Å². The van der Waals surface area contributed by atoms with Crippen molar-refractivity contribution in [3.8, 4) is 17.1 Å². The summed E-state index contributed by atoms with van der Waals surface area (Å²) in [7, 11) is 0. The molecular formula is C17H10N2O4. The molecule has 2 aromatic carbocycles. The number of carboxylic acids is 1. The number of para-hydroxylation sites is 1. The summed E-state index contributed by atoms with van der Waals surface area (Å²) in [4.78, 5) is 23.6. The van der Waals surface area contributed by atoms with Crippen LogP contribution in [0.5, 0.6) is 0 Å². The predicted octanol–water partition coefficient (Wildman–Crippen LogP) is 2.78. The molecule has 0 aromatic heterocycles. The molecule has 0 saturated heterocycles. The van der Waals surface area contributed by atoms with Crippen LogP contribution in [0.25, 0.3) is 28.1 Å². The number of hydrogen-bond acceptors (Lipinski definition) is 4. The molecule has 1 N–H and O–H groups in total. The maximum atomic E-state index is 12.5. The Morgan fingerprint density at radius 2 is 1.91 bits per heavy atom. The van der Waals surface area contributed by atoms with Crippen molar-refractivity contribution >= 4 is 16.9 Å². The fourth-order valence-electron chi connectivity index (χ4n) is 2.49. The third-order valence-electron chi connectivity index (χ3n) is 3.61. The number of rotatable bonds is 2. The fourth-order valence-corrected chi connectivity index (χ4v) is 2.49. The lowest BCUT2D eigenvalue weighted by molar-refractivity contribution is 0.0697. The maximum absolute atomic E-state index is 12.5. The number of carbonyl (C=O) groups is 1. The topological polar surface area (TPSA) is 85.3 Å². The van der Waals surface area contributed by atoms with Crippen LogP contribution >= 0.6 is 0 Å². The molecule has 2 aromatic rings. The minimum Gasteiger partial charge on any atom is -0.478 e. The van der Waals surface area contributed by atoms with E-state index >= 15 is 0 Å². The van der Waals surface area contributed by atoms with Gasteiger partial charge in [-0.2, -0.15) is 4.68 Å². The third kappa shape index (κ3) is 2.08. The molecule has 0 amide bonds. The van der Waals surface area contributed by atoms with Crippen LogP contribution in [0.4, 0.5) is 0 Å². The van der Waals surface area contributed by atoms with Gasteiger partial charge in [-0.3, -0.25) is 4.79 Å². The Kier molecular flexibility index (Phi) is 2.77. The number of hydrogen-bond donors (Lipinski definition) is 1. The normalized spacial score (nSPS) is 11.1. The predicted molar refractivity (Wildman–Crippen MR) is 83.2 cm³/mol. The summed E-state index contributed by atoms with van der Waals surface area (Å²) in [6.45, 7) is 0. The number of carboxylic acid groups (broad SMARTS) is 1. The number of aromatic carboxylic acids is 1. The third-order valence-corrected chi connectivity index (χ3v) is 3.61. The van der Waals surface area contributed by atoms with Gasteiger partial charge in [-0.15, -0.1) is 5.10 Å². The van der Waals surface area contributed by atoms with Gasteiger partial charge in [0.1, 0.15) is 11.1 Å². The molecule has 6 nitrogen and oxygen atoms in total. The zero-order valence-corrected chi connectivity index (χ0v) is 11.8.